The molecule has 5 nitrogen and oxygen atoms in total. The van der Waals surface area contributed by atoms with E-state index >= 15 is 0 Å². The Morgan fingerprint density at radius 3 is 2.43 bits per heavy atom. The van der Waals surface area contributed by atoms with E-state index in [9.17, 15) is 14.0 Å². The molecule has 2 amide bonds. The summed E-state index contributed by atoms with van der Waals surface area (Å²) in [5.74, 6) is -0.220. The third-order valence-electron chi connectivity index (χ3n) is 4.64. The van der Waals surface area contributed by atoms with E-state index in [1.54, 1.807) is 47.1 Å². The third kappa shape index (κ3) is 5.01. The number of halogens is 2. The normalized spacial score (nSPS) is 15.7. The molecule has 3 rings (SSSR count). The SMILES string of the molecule is CC(Oc1ccc(Cl)cc1)C(=O)N1CCCN(C(=O)c2cccc(F)c2)CC1. The molecule has 0 aromatic heterocycles. The lowest BCUT2D eigenvalue weighted by molar-refractivity contribution is -0.137. The van der Waals surface area contributed by atoms with Crippen molar-refractivity contribution >= 4 is 23.4 Å². The number of rotatable bonds is 4. The van der Waals surface area contributed by atoms with E-state index in [0.717, 1.165) is 0 Å². The van der Waals surface area contributed by atoms with E-state index in [0.29, 0.717) is 48.9 Å². The van der Waals surface area contributed by atoms with Crippen molar-refractivity contribution < 1.29 is 18.7 Å². The lowest BCUT2D eigenvalue weighted by Crippen LogP contribution is -2.43. The Hall–Kier alpha value is -2.60. The van der Waals surface area contributed by atoms with Crippen molar-refractivity contribution in [3.05, 3.63) is 64.9 Å². The first-order valence-corrected chi connectivity index (χ1v) is 9.57. The summed E-state index contributed by atoms with van der Waals surface area (Å²) in [4.78, 5) is 28.7. The molecule has 1 unspecified atom stereocenters. The van der Waals surface area contributed by atoms with Gasteiger partial charge < -0.3 is 14.5 Å². The Kier molecular flexibility index (Phi) is 6.52. The summed E-state index contributed by atoms with van der Waals surface area (Å²) < 4.78 is 19.1. The summed E-state index contributed by atoms with van der Waals surface area (Å²) in [6.45, 7) is 3.58. The highest BCUT2D eigenvalue weighted by Gasteiger charge is 2.26. The Morgan fingerprint density at radius 1 is 1.04 bits per heavy atom. The Morgan fingerprint density at radius 2 is 1.71 bits per heavy atom. The predicted molar refractivity (Wildman–Crippen MR) is 105 cm³/mol. The fourth-order valence-corrected chi connectivity index (χ4v) is 3.30. The van der Waals surface area contributed by atoms with Crippen LogP contribution in [0.4, 0.5) is 4.39 Å². The van der Waals surface area contributed by atoms with E-state index in [2.05, 4.69) is 0 Å². The number of nitrogens with zero attached hydrogens (tertiary/aromatic N) is 2. The Bertz CT molecular complexity index is 844. The Labute approximate surface area is 168 Å². The van der Waals surface area contributed by atoms with Crippen molar-refractivity contribution in [1.29, 1.82) is 0 Å². The van der Waals surface area contributed by atoms with Gasteiger partial charge in [0.05, 0.1) is 0 Å². The van der Waals surface area contributed by atoms with Gasteiger partial charge in [-0.2, -0.15) is 0 Å². The van der Waals surface area contributed by atoms with Crippen molar-refractivity contribution in [1.82, 2.24) is 9.80 Å². The van der Waals surface area contributed by atoms with Gasteiger partial charge in [-0.15, -0.1) is 0 Å². The second kappa shape index (κ2) is 9.06. The van der Waals surface area contributed by atoms with E-state index in [-0.39, 0.29) is 11.8 Å². The molecule has 0 aliphatic carbocycles. The van der Waals surface area contributed by atoms with Gasteiger partial charge in [-0.25, -0.2) is 4.39 Å². The zero-order valence-corrected chi connectivity index (χ0v) is 16.4. The van der Waals surface area contributed by atoms with Gasteiger partial charge in [-0.05, 0) is 55.8 Å². The molecule has 0 radical (unpaired) electrons. The molecule has 7 heteroatoms. The van der Waals surface area contributed by atoms with Crippen molar-refractivity contribution in [3.8, 4) is 5.75 Å². The van der Waals surface area contributed by atoms with Gasteiger partial charge in [0.2, 0.25) is 0 Å². The topological polar surface area (TPSA) is 49.9 Å². The first kappa shape index (κ1) is 20.1. The molecule has 1 aliphatic rings. The number of ether oxygens (including phenoxy) is 1. The molecule has 0 N–H and O–H groups in total. The summed E-state index contributed by atoms with van der Waals surface area (Å²) in [6.07, 6.45) is 0.00661. The van der Waals surface area contributed by atoms with Gasteiger partial charge in [-0.3, -0.25) is 9.59 Å². The van der Waals surface area contributed by atoms with Crippen LogP contribution in [-0.2, 0) is 4.79 Å². The minimum absolute atomic E-state index is 0.130. The van der Waals surface area contributed by atoms with Gasteiger partial charge in [0.1, 0.15) is 11.6 Å². The Balaban J connectivity index is 1.58. The highest BCUT2D eigenvalue weighted by Crippen LogP contribution is 2.18. The zero-order valence-electron chi connectivity index (χ0n) is 15.6. The summed E-state index contributed by atoms with van der Waals surface area (Å²) in [6, 6.07) is 12.5. The van der Waals surface area contributed by atoms with Crippen LogP contribution in [-0.4, -0.2) is 53.9 Å². The number of amides is 2. The summed E-state index contributed by atoms with van der Waals surface area (Å²) in [5, 5.41) is 0.599. The summed E-state index contributed by atoms with van der Waals surface area (Å²) in [7, 11) is 0. The molecule has 2 aromatic rings. The van der Waals surface area contributed by atoms with Crippen LogP contribution in [0.3, 0.4) is 0 Å². The van der Waals surface area contributed by atoms with Crippen LogP contribution < -0.4 is 4.74 Å². The van der Waals surface area contributed by atoms with Gasteiger partial charge in [0.15, 0.2) is 6.10 Å². The smallest absolute Gasteiger partial charge is 0.263 e. The number of hydrogen-bond acceptors (Lipinski definition) is 3. The standard InChI is InChI=1S/C21H22ClFN2O3/c1-15(28-19-8-6-17(22)7-9-19)20(26)24-10-3-11-25(13-12-24)21(27)16-4-2-5-18(23)14-16/h2,4-9,14-15H,3,10-13H2,1H3. The highest BCUT2D eigenvalue weighted by molar-refractivity contribution is 6.30. The van der Waals surface area contributed by atoms with Crippen LogP contribution >= 0.6 is 11.6 Å². The van der Waals surface area contributed by atoms with Crippen LogP contribution in [0.15, 0.2) is 48.5 Å². The fourth-order valence-electron chi connectivity index (χ4n) is 3.17. The van der Waals surface area contributed by atoms with Crippen LogP contribution in [0, 0.1) is 5.82 Å². The van der Waals surface area contributed by atoms with Crippen molar-refractivity contribution in [2.24, 2.45) is 0 Å². The molecular formula is C21H22ClFN2O3. The maximum absolute atomic E-state index is 13.4. The molecule has 28 heavy (non-hydrogen) atoms. The second-order valence-corrected chi connectivity index (χ2v) is 7.13. The molecule has 1 atom stereocenters. The van der Waals surface area contributed by atoms with Gasteiger partial charge in [0, 0.05) is 36.8 Å². The van der Waals surface area contributed by atoms with Crippen LogP contribution in [0.1, 0.15) is 23.7 Å². The molecule has 1 aliphatic heterocycles. The third-order valence-corrected chi connectivity index (χ3v) is 4.89. The molecule has 1 saturated heterocycles. The van der Waals surface area contributed by atoms with Crippen LogP contribution in [0.2, 0.25) is 5.02 Å². The lowest BCUT2D eigenvalue weighted by Gasteiger charge is -2.25. The van der Waals surface area contributed by atoms with Gasteiger partial charge in [-0.1, -0.05) is 17.7 Å². The van der Waals surface area contributed by atoms with Gasteiger partial charge in [0.25, 0.3) is 11.8 Å². The monoisotopic (exact) mass is 404 g/mol. The summed E-state index contributed by atoms with van der Waals surface area (Å²) >= 11 is 5.86. The van der Waals surface area contributed by atoms with Crippen molar-refractivity contribution in [3.63, 3.8) is 0 Å². The average molecular weight is 405 g/mol. The first-order valence-electron chi connectivity index (χ1n) is 9.20. The van der Waals surface area contributed by atoms with Gasteiger partial charge >= 0.3 is 0 Å². The second-order valence-electron chi connectivity index (χ2n) is 6.70. The molecule has 0 bridgehead atoms. The minimum Gasteiger partial charge on any atom is -0.481 e. The molecular weight excluding hydrogens is 383 g/mol. The van der Waals surface area contributed by atoms with Crippen LogP contribution in [0.25, 0.3) is 0 Å². The fraction of sp³-hybridized carbons (Fsp3) is 0.333. The number of benzene rings is 2. The maximum atomic E-state index is 13.4. The largest absolute Gasteiger partial charge is 0.481 e. The average Bonchev–Trinajstić information content (AvgIpc) is 2.94. The van der Waals surface area contributed by atoms with Crippen molar-refractivity contribution in [2.75, 3.05) is 26.2 Å². The number of carbonyl (C=O) groups is 2. The van der Waals surface area contributed by atoms with Crippen molar-refractivity contribution in [2.45, 2.75) is 19.4 Å². The number of carbonyl (C=O) groups excluding carboxylic acids is 2. The van der Waals surface area contributed by atoms with E-state index in [4.69, 9.17) is 16.3 Å². The molecule has 148 valence electrons. The molecule has 1 fully saturated rings. The highest BCUT2D eigenvalue weighted by atomic mass is 35.5. The molecule has 0 spiro atoms. The molecule has 2 aromatic carbocycles. The van der Waals surface area contributed by atoms with E-state index < -0.39 is 11.9 Å². The number of hydrogen-bond donors (Lipinski definition) is 0. The summed E-state index contributed by atoms with van der Waals surface area (Å²) in [5.41, 5.74) is 0.319. The minimum atomic E-state index is -0.647. The molecule has 1 heterocycles. The lowest BCUT2D eigenvalue weighted by atomic mass is 10.2. The van der Waals surface area contributed by atoms with E-state index in [1.165, 1.54) is 18.2 Å². The zero-order chi connectivity index (χ0) is 20.1. The predicted octanol–water partition coefficient (Wildman–Crippen LogP) is 3.62. The first-order chi connectivity index (χ1) is 13.4. The quantitative estimate of drug-likeness (QED) is 0.782. The van der Waals surface area contributed by atoms with E-state index in [1.807, 2.05) is 0 Å². The maximum Gasteiger partial charge on any atom is 0.263 e. The van der Waals surface area contributed by atoms with Crippen LogP contribution in [0.5, 0.6) is 5.75 Å². The molecule has 0 saturated carbocycles.